The Balaban J connectivity index is 0.695. The van der Waals surface area contributed by atoms with Gasteiger partial charge < -0.3 is 29.6 Å². The minimum Gasteiger partial charge on any atom is -0.391 e. The zero-order valence-corrected chi connectivity index (χ0v) is 41.2. The lowest BCUT2D eigenvalue weighted by Gasteiger charge is -2.37. The molecule has 14 nitrogen and oxygen atoms in total. The molecule has 3 saturated heterocycles. The molecule has 5 aromatic heterocycles. The van der Waals surface area contributed by atoms with Crippen LogP contribution in [0.3, 0.4) is 0 Å². The number of hydrogen-bond acceptors (Lipinski definition) is 12. The number of likely N-dealkylation sites (tertiary alicyclic amines) is 1. The van der Waals surface area contributed by atoms with Crippen LogP contribution < -0.4 is 15.1 Å². The molecule has 0 spiro atoms. The van der Waals surface area contributed by atoms with Gasteiger partial charge in [0.25, 0.3) is 0 Å². The van der Waals surface area contributed by atoms with E-state index in [0.717, 1.165) is 78.3 Å². The summed E-state index contributed by atoms with van der Waals surface area (Å²) in [6.45, 7) is 10.6. The predicted molar refractivity (Wildman–Crippen MR) is 269 cm³/mol. The van der Waals surface area contributed by atoms with Crippen molar-refractivity contribution in [1.82, 2.24) is 39.8 Å². The summed E-state index contributed by atoms with van der Waals surface area (Å²) in [6.07, 6.45) is 6.91. The molecule has 2 N–H and O–H groups in total. The van der Waals surface area contributed by atoms with Crippen molar-refractivity contribution in [3.63, 3.8) is 0 Å². The SMILES string of the molecule is Cc1ncsc1-c1ccc([C@H](C)NC(=O)[C@@H]2C[C@@H](O)CN2C(=O)C(c2cc(N3CCN(CCC4CCN(c5ncc(-c6ccc7c8cnccc8n(C(F)F)c7c6)cc5F)CC4)CC3)no2)C(C)C)cc1. The third-order valence-electron chi connectivity index (χ3n) is 14.8. The number of aliphatic hydroxyl groups is 1. The molecule has 3 aliphatic rings. The Bertz CT molecular complexity index is 3020. The monoisotopic (exact) mass is 988 g/mol. The fourth-order valence-electron chi connectivity index (χ4n) is 10.8. The van der Waals surface area contributed by atoms with Gasteiger partial charge in [0.1, 0.15) is 12.0 Å². The van der Waals surface area contributed by atoms with Crippen molar-refractivity contribution >= 4 is 56.6 Å². The average Bonchev–Trinajstić information content (AvgIpc) is 4.19. The Hall–Kier alpha value is -6.37. The zero-order chi connectivity index (χ0) is 49.5. The standard InChI is InChI=1S/C53H59F3N10O4S/c1-31(2)48(52(69)65-29-39(67)25-45(65)51(68)60-32(3)35-5-7-36(8-6-35)49-33(4)59-30-71-49)46-26-47(61-70-46)63-21-19-62(20-22-63)16-12-34-13-17-64(18-14-34)50-42(54)23-38(27-58-50)37-9-10-40-41-28-57-15-11-43(41)66(53(55)56)44(40)24-37/h5-11,15,23-24,26-28,30-32,34,39,45,48,53,67H,12-14,16-22,25,29H2,1-4H3,(H,60,68)/t32-,39+,45-,48?/m0/s1. The molecule has 0 saturated carbocycles. The van der Waals surface area contributed by atoms with Crippen LogP contribution in [-0.4, -0.2) is 116 Å². The number of thiazole rings is 1. The van der Waals surface area contributed by atoms with Gasteiger partial charge in [-0.15, -0.1) is 11.3 Å². The second-order valence-electron chi connectivity index (χ2n) is 19.7. The molecule has 1 unspecified atom stereocenters. The molecular formula is C53H59F3N10O4S. The summed E-state index contributed by atoms with van der Waals surface area (Å²) >= 11 is 1.59. The van der Waals surface area contributed by atoms with Gasteiger partial charge >= 0.3 is 6.55 Å². The second-order valence-corrected chi connectivity index (χ2v) is 20.5. The number of piperazine rings is 1. The normalized spacial score (nSPS) is 19.2. The first-order valence-corrected chi connectivity index (χ1v) is 25.5. The van der Waals surface area contributed by atoms with E-state index in [4.69, 9.17) is 4.52 Å². The van der Waals surface area contributed by atoms with Crippen LogP contribution in [0.4, 0.5) is 24.8 Å². The van der Waals surface area contributed by atoms with Crippen molar-refractivity contribution in [3.8, 4) is 21.6 Å². The molecule has 0 bridgehead atoms. The highest BCUT2D eigenvalue weighted by Crippen LogP contribution is 2.37. The van der Waals surface area contributed by atoms with E-state index in [1.807, 2.05) is 68.4 Å². The largest absolute Gasteiger partial charge is 0.391 e. The highest BCUT2D eigenvalue weighted by molar-refractivity contribution is 7.13. The van der Waals surface area contributed by atoms with E-state index in [0.29, 0.717) is 69.3 Å². The van der Waals surface area contributed by atoms with Crippen molar-refractivity contribution < 1.29 is 32.4 Å². The number of piperidine rings is 1. The molecule has 71 heavy (non-hydrogen) atoms. The first-order chi connectivity index (χ1) is 34.3. The summed E-state index contributed by atoms with van der Waals surface area (Å²) in [5.41, 5.74) is 6.68. The number of rotatable bonds is 14. The molecule has 0 radical (unpaired) electrons. The number of aliphatic hydroxyl groups excluding tert-OH is 1. The minimum atomic E-state index is -2.75. The summed E-state index contributed by atoms with van der Waals surface area (Å²) in [7, 11) is 0. The molecule has 2 aromatic carbocycles. The van der Waals surface area contributed by atoms with Crippen molar-refractivity contribution in [2.45, 2.75) is 84.0 Å². The molecule has 4 atom stereocenters. The Kier molecular flexibility index (Phi) is 13.9. The van der Waals surface area contributed by atoms with Crippen LogP contribution in [0.25, 0.3) is 43.4 Å². The van der Waals surface area contributed by atoms with E-state index in [1.165, 1.54) is 17.2 Å². The first-order valence-electron chi connectivity index (χ1n) is 24.6. The van der Waals surface area contributed by atoms with Gasteiger partial charge in [-0.3, -0.25) is 24.0 Å². The molecule has 3 aliphatic heterocycles. The number of aryl methyl sites for hydroxylation is 1. The van der Waals surface area contributed by atoms with Crippen molar-refractivity contribution in [2.75, 3.05) is 62.2 Å². The number of pyridine rings is 2. The summed E-state index contributed by atoms with van der Waals surface area (Å²) in [6, 6.07) is 17.0. The Labute approximate surface area is 414 Å². The lowest BCUT2D eigenvalue weighted by Crippen LogP contribution is -2.48. The second kappa shape index (κ2) is 20.4. The van der Waals surface area contributed by atoms with E-state index in [-0.39, 0.29) is 36.7 Å². The molecule has 2 amide bonds. The number of amides is 2. The molecule has 3 fully saturated rings. The van der Waals surface area contributed by atoms with Gasteiger partial charge in [-0.25, -0.2) is 14.4 Å². The minimum absolute atomic E-state index is 0.0599. The van der Waals surface area contributed by atoms with Gasteiger partial charge in [-0.2, -0.15) is 8.78 Å². The number of benzene rings is 2. The number of carbonyl (C=O) groups excluding carboxylic acids is 2. The fourth-order valence-corrected chi connectivity index (χ4v) is 11.6. The summed E-state index contributed by atoms with van der Waals surface area (Å²) < 4.78 is 51.0. The van der Waals surface area contributed by atoms with Crippen LogP contribution >= 0.6 is 11.3 Å². The molecule has 10 rings (SSSR count). The van der Waals surface area contributed by atoms with Crippen LogP contribution in [-0.2, 0) is 9.59 Å². The maximum absolute atomic E-state index is 15.7. The van der Waals surface area contributed by atoms with Crippen molar-refractivity contribution in [2.24, 2.45) is 11.8 Å². The first kappa shape index (κ1) is 48.3. The summed E-state index contributed by atoms with van der Waals surface area (Å²) in [5, 5.41) is 19.6. The van der Waals surface area contributed by atoms with Gasteiger partial charge in [0.2, 0.25) is 11.8 Å². The van der Waals surface area contributed by atoms with Crippen LogP contribution in [0.5, 0.6) is 0 Å². The van der Waals surface area contributed by atoms with Gasteiger partial charge in [-0.1, -0.05) is 55.4 Å². The number of halogens is 3. The smallest absolute Gasteiger partial charge is 0.319 e. The molecule has 18 heteroatoms. The van der Waals surface area contributed by atoms with Gasteiger partial charge in [0.15, 0.2) is 23.2 Å². The zero-order valence-electron chi connectivity index (χ0n) is 40.3. The maximum Gasteiger partial charge on any atom is 0.319 e. The van der Waals surface area contributed by atoms with E-state index in [9.17, 15) is 23.5 Å². The molecule has 372 valence electrons. The highest BCUT2D eigenvalue weighted by Gasteiger charge is 2.44. The lowest BCUT2D eigenvalue weighted by atomic mass is 9.91. The third kappa shape index (κ3) is 9.85. The Morgan fingerprint density at radius 2 is 1.63 bits per heavy atom. The maximum atomic E-state index is 15.7. The van der Waals surface area contributed by atoms with E-state index < -0.39 is 30.4 Å². The molecule has 0 aliphatic carbocycles. The molecular weight excluding hydrogens is 930 g/mol. The fraction of sp³-hybridized carbons (Fsp3) is 0.434. The lowest BCUT2D eigenvalue weighted by molar-refractivity contribution is -0.141. The number of β-amino-alcohol motifs (C(OH)–C–C–N with tert-alkyl or cyclic N) is 1. The summed E-state index contributed by atoms with van der Waals surface area (Å²) in [4.78, 5) is 50.4. The number of alkyl halides is 2. The predicted octanol–water partition coefficient (Wildman–Crippen LogP) is 9.21. The van der Waals surface area contributed by atoms with E-state index in [2.05, 4.69) is 35.2 Å². The molecule has 8 heterocycles. The third-order valence-corrected chi connectivity index (χ3v) is 15.8. The van der Waals surface area contributed by atoms with Gasteiger partial charge in [0, 0.05) is 93.2 Å². The quantitative estimate of drug-likeness (QED) is 0.107. The Morgan fingerprint density at radius 1 is 0.873 bits per heavy atom. The summed E-state index contributed by atoms with van der Waals surface area (Å²) in [5.74, 6) is 0.0713. The highest BCUT2D eigenvalue weighted by atomic mass is 32.1. The van der Waals surface area contributed by atoms with E-state index in [1.54, 1.807) is 48.0 Å². The number of nitrogens with one attached hydrogen (secondary N) is 1. The van der Waals surface area contributed by atoms with Crippen LogP contribution in [0, 0.1) is 24.6 Å². The number of hydrogen-bond donors (Lipinski definition) is 2. The average molecular weight is 989 g/mol. The van der Waals surface area contributed by atoms with Crippen LogP contribution in [0.2, 0.25) is 0 Å². The topological polar surface area (TPSA) is 149 Å². The number of carbonyl (C=O) groups is 2. The Morgan fingerprint density at radius 3 is 2.34 bits per heavy atom. The van der Waals surface area contributed by atoms with Crippen LogP contribution in [0.1, 0.15) is 82.0 Å². The van der Waals surface area contributed by atoms with E-state index >= 15 is 4.39 Å². The van der Waals surface area contributed by atoms with Crippen LogP contribution in [0.15, 0.2) is 89.3 Å². The van der Waals surface area contributed by atoms with Crippen molar-refractivity contribution in [1.29, 1.82) is 0 Å². The van der Waals surface area contributed by atoms with Gasteiger partial charge in [0.05, 0.1) is 39.3 Å². The number of anilines is 2. The number of nitrogens with zero attached hydrogens (tertiary/aromatic N) is 9. The number of fused-ring (bicyclic) bond motifs is 3. The number of aromatic nitrogens is 5. The molecule has 7 aromatic rings. The van der Waals surface area contributed by atoms with Crippen molar-refractivity contribution in [3.05, 3.63) is 108 Å². The van der Waals surface area contributed by atoms with Gasteiger partial charge in [-0.05, 0) is 86.4 Å².